The van der Waals surface area contributed by atoms with Crippen LogP contribution in [0.3, 0.4) is 0 Å². The third kappa shape index (κ3) is 7.23. The van der Waals surface area contributed by atoms with Gasteiger partial charge in [-0.25, -0.2) is 0 Å². The molecule has 26 heavy (non-hydrogen) atoms. The molecule has 4 nitrogen and oxygen atoms in total. The summed E-state index contributed by atoms with van der Waals surface area (Å²) < 4.78 is 29.4. The Morgan fingerprint density at radius 2 is 1.81 bits per heavy atom. The molecule has 0 heterocycles. The van der Waals surface area contributed by atoms with Gasteiger partial charge in [-0.15, -0.1) is 11.8 Å². The smallest absolute Gasteiger partial charge is 0.316 e. The first-order valence-corrected chi connectivity index (χ1v) is 9.56. The van der Waals surface area contributed by atoms with E-state index in [0.717, 1.165) is 4.90 Å². The quantitative estimate of drug-likeness (QED) is 0.487. The fourth-order valence-electron chi connectivity index (χ4n) is 1.80. The third-order valence-electron chi connectivity index (χ3n) is 2.91. The molecule has 0 aromatic heterocycles. The van der Waals surface area contributed by atoms with E-state index in [1.807, 2.05) is 0 Å². The molecule has 0 saturated heterocycles. The van der Waals surface area contributed by atoms with Crippen molar-refractivity contribution in [2.45, 2.75) is 15.5 Å². The molecular weight excluding hydrogens is 404 g/mol. The zero-order valence-electron chi connectivity index (χ0n) is 13.3. The zero-order valence-corrected chi connectivity index (χ0v) is 15.7. The van der Waals surface area contributed by atoms with Crippen LogP contribution in [0.25, 0.3) is 0 Å². The number of benzene rings is 2. The SMILES string of the molecule is O=C(COC(=O)CSc1ccccc1Cl)Nc1ccc(SC(F)F)cc1. The molecule has 0 fully saturated rings. The van der Waals surface area contributed by atoms with Crippen molar-refractivity contribution in [3.05, 3.63) is 53.6 Å². The Kier molecular flexibility index (Phi) is 8.21. The number of alkyl halides is 2. The van der Waals surface area contributed by atoms with Crippen molar-refractivity contribution in [3.63, 3.8) is 0 Å². The van der Waals surface area contributed by atoms with Gasteiger partial charge in [0.2, 0.25) is 0 Å². The number of hydrogen-bond acceptors (Lipinski definition) is 5. The molecule has 0 spiro atoms. The van der Waals surface area contributed by atoms with Crippen LogP contribution in [-0.4, -0.2) is 30.0 Å². The molecule has 9 heteroatoms. The van der Waals surface area contributed by atoms with Crippen LogP contribution in [0.5, 0.6) is 0 Å². The molecule has 1 amide bonds. The van der Waals surface area contributed by atoms with Crippen LogP contribution < -0.4 is 5.32 Å². The maximum Gasteiger partial charge on any atom is 0.316 e. The number of thioether (sulfide) groups is 2. The van der Waals surface area contributed by atoms with Crippen LogP contribution in [0.2, 0.25) is 5.02 Å². The monoisotopic (exact) mass is 417 g/mol. The average Bonchev–Trinajstić information content (AvgIpc) is 2.60. The van der Waals surface area contributed by atoms with Crippen LogP contribution in [-0.2, 0) is 14.3 Å². The summed E-state index contributed by atoms with van der Waals surface area (Å²) in [5.74, 6) is -3.54. The van der Waals surface area contributed by atoms with Gasteiger partial charge in [-0.2, -0.15) is 8.78 Å². The number of carbonyl (C=O) groups is 2. The molecule has 0 aliphatic heterocycles. The van der Waals surface area contributed by atoms with Gasteiger partial charge in [-0.1, -0.05) is 35.5 Å². The van der Waals surface area contributed by atoms with E-state index >= 15 is 0 Å². The Hall–Kier alpha value is -1.77. The zero-order chi connectivity index (χ0) is 18.9. The molecular formula is C17H14ClF2NO3S2. The molecule has 2 rings (SSSR count). The van der Waals surface area contributed by atoms with Crippen LogP contribution in [0.15, 0.2) is 58.3 Å². The first-order valence-electron chi connectivity index (χ1n) is 7.31. The van der Waals surface area contributed by atoms with Crippen LogP contribution in [0.4, 0.5) is 14.5 Å². The normalized spacial score (nSPS) is 10.6. The largest absolute Gasteiger partial charge is 0.455 e. The molecule has 0 bridgehead atoms. The number of nitrogens with one attached hydrogen (secondary N) is 1. The second-order valence-electron chi connectivity index (χ2n) is 4.83. The Balaban J connectivity index is 1.72. The van der Waals surface area contributed by atoms with Crippen molar-refractivity contribution in [2.24, 2.45) is 0 Å². The predicted octanol–water partition coefficient (Wildman–Crippen LogP) is 4.93. The minimum absolute atomic E-state index is 0.0244. The number of amides is 1. The van der Waals surface area contributed by atoms with Crippen molar-refractivity contribution < 1.29 is 23.1 Å². The van der Waals surface area contributed by atoms with Crippen LogP contribution >= 0.6 is 35.1 Å². The summed E-state index contributed by atoms with van der Waals surface area (Å²) >= 11 is 7.62. The molecule has 0 aliphatic carbocycles. The van der Waals surface area contributed by atoms with Crippen LogP contribution in [0, 0.1) is 0 Å². The molecule has 0 atom stereocenters. The fourth-order valence-corrected chi connectivity index (χ4v) is 3.34. The van der Waals surface area contributed by atoms with E-state index in [2.05, 4.69) is 5.32 Å². The number of rotatable bonds is 8. The number of hydrogen-bond donors (Lipinski definition) is 1. The van der Waals surface area contributed by atoms with Crippen molar-refractivity contribution in [1.82, 2.24) is 0 Å². The number of esters is 1. The van der Waals surface area contributed by atoms with E-state index in [1.165, 1.54) is 36.0 Å². The number of carbonyl (C=O) groups excluding carboxylic acids is 2. The van der Waals surface area contributed by atoms with E-state index in [1.54, 1.807) is 24.3 Å². The molecule has 0 aliphatic rings. The molecule has 2 aromatic carbocycles. The fraction of sp³-hybridized carbons (Fsp3) is 0.176. The van der Waals surface area contributed by atoms with Gasteiger partial charge in [0.15, 0.2) is 6.61 Å². The van der Waals surface area contributed by atoms with Gasteiger partial charge in [-0.3, -0.25) is 9.59 Å². The van der Waals surface area contributed by atoms with Gasteiger partial charge in [0.1, 0.15) is 0 Å². The van der Waals surface area contributed by atoms with E-state index in [9.17, 15) is 18.4 Å². The lowest BCUT2D eigenvalue weighted by atomic mass is 10.3. The number of halogens is 3. The van der Waals surface area contributed by atoms with Crippen molar-refractivity contribution in [2.75, 3.05) is 17.7 Å². The maximum atomic E-state index is 12.2. The molecule has 0 saturated carbocycles. The highest BCUT2D eigenvalue weighted by molar-refractivity contribution is 8.00. The van der Waals surface area contributed by atoms with Crippen molar-refractivity contribution in [3.8, 4) is 0 Å². The second-order valence-corrected chi connectivity index (χ2v) is 7.32. The van der Waals surface area contributed by atoms with Crippen molar-refractivity contribution in [1.29, 1.82) is 0 Å². The summed E-state index contributed by atoms with van der Waals surface area (Å²) in [5, 5.41) is 3.06. The Labute approximate surface area is 162 Å². The van der Waals surface area contributed by atoms with Gasteiger partial charge in [0.05, 0.1) is 10.8 Å². The third-order valence-corrected chi connectivity index (χ3v) is 5.12. The van der Waals surface area contributed by atoms with E-state index in [4.69, 9.17) is 16.3 Å². The van der Waals surface area contributed by atoms with Gasteiger partial charge < -0.3 is 10.1 Å². The number of anilines is 1. The molecule has 1 N–H and O–H groups in total. The van der Waals surface area contributed by atoms with Gasteiger partial charge in [0.25, 0.3) is 11.7 Å². The van der Waals surface area contributed by atoms with E-state index in [-0.39, 0.29) is 5.75 Å². The van der Waals surface area contributed by atoms with Gasteiger partial charge >= 0.3 is 5.97 Å². The lowest BCUT2D eigenvalue weighted by molar-refractivity contribution is -0.144. The van der Waals surface area contributed by atoms with Gasteiger partial charge in [-0.05, 0) is 36.4 Å². The Bertz CT molecular complexity index is 760. The Morgan fingerprint density at radius 1 is 1.12 bits per heavy atom. The summed E-state index contributed by atoms with van der Waals surface area (Å²) in [5.41, 5.74) is 0.426. The van der Waals surface area contributed by atoms with E-state index in [0.29, 0.717) is 27.4 Å². The lowest BCUT2D eigenvalue weighted by Crippen LogP contribution is -2.21. The topological polar surface area (TPSA) is 55.4 Å². The molecule has 138 valence electrons. The molecule has 0 radical (unpaired) electrons. The minimum atomic E-state index is -2.50. The summed E-state index contributed by atoms with van der Waals surface area (Å²) in [6.07, 6.45) is 0. The highest BCUT2D eigenvalue weighted by Gasteiger charge is 2.10. The Morgan fingerprint density at radius 3 is 2.46 bits per heavy atom. The highest BCUT2D eigenvalue weighted by atomic mass is 35.5. The minimum Gasteiger partial charge on any atom is -0.455 e. The average molecular weight is 418 g/mol. The highest BCUT2D eigenvalue weighted by Crippen LogP contribution is 2.27. The second kappa shape index (κ2) is 10.4. The van der Waals surface area contributed by atoms with Gasteiger partial charge in [0, 0.05) is 15.5 Å². The number of ether oxygens (including phenoxy) is 1. The van der Waals surface area contributed by atoms with Crippen LogP contribution in [0.1, 0.15) is 0 Å². The van der Waals surface area contributed by atoms with E-state index < -0.39 is 24.2 Å². The maximum absolute atomic E-state index is 12.2. The summed E-state index contributed by atoms with van der Waals surface area (Å²) in [6.45, 7) is -0.435. The van der Waals surface area contributed by atoms with Crippen molar-refractivity contribution >= 4 is 52.7 Å². The lowest BCUT2D eigenvalue weighted by Gasteiger charge is -2.08. The summed E-state index contributed by atoms with van der Waals surface area (Å²) in [6, 6.07) is 13.0. The first kappa shape index (κ1) is 20.5. The predicted molar refractivity (Wildman–Crippen MR) is 100 cm³/mol. The molecule has 0 unspecified atom stereocenters. The first-order chi connectivity index (χ1) is 12.4. The standard InChI is InChI=1S/C17H14ClF2NO3S2/c18-13-3-1-2-4-14(13)25-10-16(23)24-9-15(22)21-11-5-7-12(8-6-11)26-17(19)20/h1-8,17H,9-10H2,(H,21,22). The molecule has 2 aromatic rings. The summed E-state index contributed by atoms with van der Waals surface area (Å²) in [4.78, 5) is 24.6. The summed E-state index contributed by atoms with van der Waals surface area (Å²) in [7, 11) is 0.